The highest BCUT2D eigenvalue weighted by atomic mass is 15.3. The first-order valence-electron chi connectivity index (χ1n) is 6.56. The summed E-state index contributed by atoms with van der Waals surface area (Å²) in [6.45, 7) is 6.74. The van der Waals surface area contributed by atoms with Crippen LogP contribution in [0.4, 0.5) is 0 Å². The van der Waals surface area contributed by atoms with E-state index in [1.807, 2.05) is 17.9 Å². The number of likely N-dealkylation sites (tertiary alicyclic amines) is 1. The SMILES string of the molecule is CC1CCN(C(c2cnn(C)c2)C(C)N)CC1. The highest BCUT2D eigenvalue weighted by Gasteiger charge is 2.27. The lowest BCUT2D eigenvalue weighted by Gasteiger charge is -2.38. The van der Waals surface area contributed by atoms with E-state index in [2.05, 4.69) is 30.0 Å². The minimum Gasteiger partial charge on any atom is -0.326 e. The molecule has 2 rings (SSSR count). The third kappa shape index (κ3) is 2.87. The molecule has 0 aliphatic carbocycles. The van der Waals surface area contributed by atoms with Crippen LogP contribution in [0.1, 0.15) is 38.3 Å². The van der Waals surface area contributed by atoms with Gasteiger partial charge in [0.2, 0.25) is 0 Å². The number of hydrogen-bond donors (Lipinski definition) is 1. The van der Waals surface area contributed by atoms with Gasteiger partial charge in [-0.15, -0.1) is 0 Å². The third-order valence-corrected chi connectivity index (χ3v) is 3.78. The monoisotopic (exact) mass is 236 g/mol. The van der Waals surface area contributed by atoms with Gasteiger partial charge in [0.05, 0.1) is 12.2 Å². The molecule has 2 unspecified atom stereocenters. The molecule has 96 valence electrons. The maximum Gasteiger partial charge on any atom is 0.0538 e. The Kier molecular flexibility index (Phi) is 3.84. The van der Waals surface area contributed by atoms with Crippen molar-refractivity contribution in [2.24, 2.45) is 18.7 Å². The predicted octanol–water partition coefficient (Wildman–Crippen LogP) is 1.54. The quantitative estimate of drug-likeness (QED) is 0.866. The molecule has 1 aromatic heterocycles. The fourth-order valence-corrected chi connectivity index (χ4v) is 2.75. The Morgan fingerprint density at radius 2 is 2.06 bits per heavy atom. The number of aromatic nitrogens is 2. The van der Waals surface area contributed by atoms with Gasteiger partial charge in [0, 0.05) is 24.8 Å². The van der Waals surface area contributed by atoms with E-state index in [1.54, 1.807) is 0 Å². The fraction of sp³-hybridized carbons (Fsp3) is 0.769. The van der Waals surface area contributed by atoms with E-state index in [-0.39, 0.29) is 6.04 Å². The topological polar surface area (TPSA) is 47.1 Å². The predicted molar refractivity (Wildman–Crippen MR) is 69.6 cm³/mol. The largest absolute Gasteiger partial charge is 0.326 e. The summed E-state index contributed by atoms with van der Waals surface area (Å²) in [6, 6.07) is 0.462. The van der Waals surface area contributed by atoms with E-state index in [0.717, 1.165) is 19.0 Å². The number of hydrogen-bond acceptors (Lipinski definition) is 3. The van der Waals surface area contributed by atoms with Crippen LogP contribution < -0.4 is 5.73 Å². The van der Waals surface area contributed by atoms with E-state index < -0.39 is 0 Å². The Morgan fingerprint density at radius 3 is 2.53 bits per heavy atom. The summed E-state index contributed by atoms with van der Waals surface area (Å²) < 4.78 is 1.86. The molecule has 1 fully saturated rings. The minimum absolute atomic E-state index is 0.146. The normalized spacial score (nSPS) is 22.6. The van der Waals surface area contributed by atoms with Gasteiger partial charge in [-0.2, -0.15) is 5.10 Å². The molecule has 2 N–H and O–H groups in total. The van der Waals surface area contributed by atoms with Crippen molar-refractivity contribution in [2.75, 3.05) is 13.1 Å². The van der Waals surface area contributed by atoms with Crippen molar-refractivity contribution in [3.63, 3.8) is 0 Å². The smallest absolute Gasteiger partial charge is 0.0538 e. The van der Waals surface area contributed by atoms with Crippen LogP contribution in [-0.2, 0) is 7.05 Å². The molecule has 2 atom stereocenters. The summed E-state index contributed by atoms with van der Waals surface area (Å²) in [4.78, 5) is 2.52. The van der Waals surface area contributed by atoms with E-state index in [0.29, 0.717) is 6.04 Å². The Labute approximate surface area is 104 Å². The molecule has 4 heteroatoms. The molecule has 17 heavy (non-hydrogen) atoms. The van der Waals surface area contributed by atoms with Gasteiger partial charge in [-0.05, 0) is 38.8 Å². The molecule has 4 nitrogen and oxygen atoms in total. The molecule has 1 aromatic rings. The van der Waals surface area contributed by atoms with E-state index >= 15 is 0 Å². The minimum atomic E-state index is 0.146. The molecule has 2 heterocycles. The summed E-state index contributed by atoms with van der Waals surface area (Å²) in [6.07, 6.45) is 6.60. The first-order chi connectivity index (χ1) is 8.08. The van der Waals surface area contributed by atoms with Crippen LogP contribution in [0.3, 0.4) is 0 Å². The van der Waals surface area contributed by atoms with Crippen LogP contribution in [0.2, 0.25) is 0 Å². The Balaban J connectivity index is 2.12. The molecular formula is C13H24N4. The average Bonchev–Trinajstić information content (AvgIpc) is 2.68. The van der Waals surface area contributed by atoms with Gasteiger partial charge in [0.1, 0.15) is 0 Å². The summed E-state index contributed by atoms with van der Waals surface area (Å²) in [7, 11) is 1.96. The van der Waals surface area contributed by atoms with Gasteiger partial charge in [0.25, 0.3) is 0 Å². The second kappa shape index (κ2) is 5.19. The van der Waals surface area contributed by atoms with Gasteiger partial charge in [-0.3, -0.25) is 9.58 Å². The van der Waals surface area contributed by atoms with Crippen LogP contribution in [0.5, 0.6) is 0 Å². The second-order valence-corrected chi connectivity index (χ2v) is 5.47. The molecule has 0 amide bonds. The summed E-state index contributed by atoms with van der Waals surface area (Å²) in [5.74, 6) is 0.855. The highest BCUT2D eigenvalue weighted by molar-refractivity contribution is 5.13. The maximum absolute atomic E-state index is 6.16. The molecule has 1 aliphatic rings. The number of nitrogens with two attached hydrogens (primary N) is 1. The van der Waals surface area contributed by atoms with Crippen molar-refractivity contribution in [3.8, 4) is 0 Å². The standard InChI is InChI=1S/C13H24N4/c1-10-4-6-17(7-5-10)13(11(2)14)12-8-15-16(3)9-12/h8-11,13H,4-7,14H2,1-3H3. The molecule has 1 aliphatic heterocycles. The zero-order chi connectivity index (χ0) is 12.4. The van der Waals surface area contributed by atoms with Gasteiger partial charge in [-0.25, -0.2) is 0 Å². The lowest BCUT2D eigenvalue weighted by Crippen LogP contribution is -2.43. The van der Waals surface area contributed by atoms with Gasteiger partial charge in [-0.1, -0.05) is 6.92 Å². The van der Waals surface area contributed by atoms with Crippen molar-refractivity contribution in [2.45, 2.75) is 38.8 Å². The Hall–Kier alpha value is -0.870. The van der Waals surface area contributed by atoms with Gasteiger partial charge >= 0.3 is 0 Å². The Morgan fingerprint density at radius 1 is 1.41 bits per heavy atom. The molecular weight excluding hydrogens is 212 g/mol. The zero-order valence-electron chi connectivity index (χ0n) is 11.1. The molecule has 0 spiro atoms. The van der Waals surface area contributed by atoms with Crippen molar-refractivity contribution < 1.29 is 0 Å². The third-order valence-electron chi connectivity index (χ3n) is 3.78. The lowest BCUT2D eigenvalue weighted by molar-refractivity contribution is 0.123. The molecule has 0 bridgehead atoms. The van der Waals surface area contributed by atoms with E-state index in [9.17, 15) is 0 Å². The van der Waals surface area contributed by atoms with Gasteiger partial charge in [0.15, 0.2) is 0 Å². The van der Waals surface area contributed by atoms with Crippen molar-refractivity contribution in [3.05, 3.63) is 18.0 Å². The van der Waals surface area contributed by atoms with Crippen molar-refractivity contribution in [1.82, 2.24) is 14.7 Å². The zero-order valence-corrected chi connectivity index (χ0v) is 11.1. The molecule has 0 radical (unpaired) electrons. The number of aryl methyl sites for hydroxylation is 1. The van der Waals surface area contributed by atoms with E-state index in [4.69, 9.17) is 5.73 Å². The maximum atomic E-state index is 6.16. The summed E-state index contributed by atoms with van der Waals surface area (Å²) >= 11 is 0. The number of nitrogens with zero attached hydrogens (tertiary/aromatic N) is 3. The number of rotatable bonds is 3. The van der Waals surface area contributed by atoms with Crippen LogP contribution >= 0.6 is 0 Å². The van der Waals surface area contributed by atoms with Crippen LogP contribution in [0.15, 0.2) is 12.4 Å². The summed E-state index contributed by atoms with van der Waals surface area (Å²) in [5.41, 5.74) is 7.41. The summed E-state index contributed by atoms with van der Waals surface area (Å²) in [5, 5.41) is 4.26. The molecule has 1 saturated heterocycles. The first-order valence-corrected chi connectivity index (χ1v) is 6.56. The van der Waals surface area contributed by atoms with Crippen LogP contribution in [0.25, 0.3) is 0 Å². The number of piperidine rings is 1. The second-order valence-electron chi connectivity index (χ2n) is 5.47. The highest BCUT2D eigenvalue weighted by Crippen LogP contribution is 2.28. The van der Waals surface area contributed by atoms with E-state index in [1.165, 1.54) is 18.4 Å². The Bertz CT molecular complexity index is 350. The fourth-order valence-electron chi connectivity index (χ4n) is 2.75. The average molecular weight is 236 g/mol. The van der Waals surface area contributed by atoms with Crippen molar-refractivity contribution >= 4 is 0 Å². The lowest BCUT2D eigenvalue weighted by atomic mass is 9.94. The van der Waals surface area contributed by atoms with Crippen LogP contribution in [-0.4, -0.2) is 33.8 Å². The molecule has 0 saturated carbocycles. The first kappa shape index (κ1) is 12.6. The van der Waals surface area contributed by atoms with Gasteiger partial charge < -0.3 is 5.73 Å². The molecule has 0 aromatic carbocycles. The van der Waals surface area contributed by atoms with Crippen LogP contribution in [0, 0.1) is 5.92 Å². The van der Waals surface area contributed by atoms with Crippen molar-refractivity contribution in [1.29, 1.82) is 0 Å².